The summed E-state index contributed by atoms with van der Waals surface area (Å²) < 4.78 is 5.11. The Hall–Kier alpha value is -1.81. The maximum Gasteiger partial charge on any atom is 0.228 e. The maximum atomic E-state index is 6.02. The molecule has 2 rings (SSSR count). The Morgan fingerprint density at radius 3 is 2.79 bits per heavy atom. The first kappa shape index (κ1) is 13.6. The molecule has 0 N–H and O–H groups in total. The Labute approximate surface area is 118 Å². The van der Waals surface area contributed by atoms with Crippen LogP contribution >= 0.6 is 11.6 Å². The van der Waals surface area contributed by atoms with E-state index in [0.29, 0.717) is 11.8 Å². The minimum atomic E-state index is 0.116. The van der Waals surface area contributed by atoms with Crippen molar-refractivity contribution >= 4 is 17.5 Å². The molecule has 19 heavy (non-hydrogen) atoms. The first-order valence-corrected chi connectivity index (χ1v) is 6.35. The van der Waals surface area contributed by atoms with Crippen LogP contribution in [0.15, 0.2) is 36.5 Å². The van der Waals surface area contributed by atoms with Crippen LogP contribution in [-0.4, -0.2) is 24.1 Å². The van der Waals surface area contributed by atoms with E-state index in [0.717, 1.165) is 10.6 Å². The van der Waals surface area contributed by atoms with Crippen molar-refractivity contribution in [3.8, 4) is 5.88 Å². The van der Waals surface area contributed by atoms with Crippen LogP contribution in [-0.2, 0) is 0 Å². The average Bonchev–Trinajstić information content (AvgIpc) is 2.45. The number of halogens is 1. The van der Waals surface area contributed by atoms with Crippen LogP contribution in [0, 0.1) is 0 Å². The molecule has 1 heterocycles. The lowest BCUT2D eigenvalue weighted by Crippen LogP contribution is -2.23. The Kier molecular flexibility index (Phi) is 4.22. The third-order valence-electron chi connectivity index (χ3n) is 3.05. The molecule has 0 aliphatic rings. The predicted octanol–water partition coefficient (Wildman–Crippen LogP) is 3.34. The first-order valence-electron chi connectivity index (χ1n) is 5.97. The molecule has 0 fully saturated rings. The molecule has 100 valence electrons. The number of hydrogen-bond acceptors (Lipinski definition) is 4. The van der Waals surface area contributed by atoms with Crippen LogP contribution in [0.2, 0.25) is 5.02 Å². The van der Waals surface area contributed by atoms with Gasteiger partial charge in [-0.25, -0.2) is 4.98 Å². The second kappa shape index (κ2) is 5.89. The molecular formula is C14H16ClN3O. The number of ether oxygens (including phenoxy) is 1. The number of aromatic nitrogens is 2. The molecule has 1 atom stereocenters. The zero-order chi connectivity index (χ0) is 13.8. The standard InChI is InChI=1S/C14H16ClN3O/c1-10(11-5-4-6-12(15)9-11)18(2)14-16-8-7-13(17-14)19-3/h4-10H,1-3H3/t10-/m1/s1. The second-order valence-corrected chi connectivity index (χ2v) is 4.68. The van der Waals surface area contributed by atoms with E-state index in [4.69, 9.17) is 16.3 Å². The van der Waals surface area contributed by atoms with Crippen molar-refractivity contribution in [2.75, 3.05) is 19.1 Å². The van der Waals surface area contributed by atoms with Gasteiger partial charge in [0.25, 0.3) is 0 Å². The van der Waals surface area contributed by atoms with Crippen molar-refractivity contribution in [3.05, 3.63) is 47.1 Å². The molecule has 2 aromatic rings. The normalized spacial score (nSPS) is 12.0. The van der Waals surface area contributed by atoms with Crippen molar-refractivity contribution in [1.29, 1.82) is 0 Å². The molecule has 0 aliphatic heterocycles. The molecule has 4 nitrogen and oxygen atoms in total. The molecule has 1 aromatic carbocycles. The van der Waals surface area contributed by atoms with E-state index in [-0.39, 0.29) is 6.04 Å². The number of hydrogen-bond donors (Lipinski definition) is 0. The zero-order valence-electron chi connectivity index (χ0n) is 11.2. The molecule has 0 radical (unpaired) electrons. The summed E-state index contributed by atoms with van der Waals surface area (Å²) in [4.78, 5) is 10.6. The fourth-order valence-corrected chi connectivity index (χ4v) is 1.98. The van der Waals surface area contributed by atoms with Gasteiger partial charge >= 0.3 is 0 Å². The molecule has 5 heteroatoms. The van der Waals surface area contributed by atoms with E-state index < -0.39 is 0 Å². The highest BCUT2D eigenvalue weighted by atomic mass is 35.5. The third kappa shape index (κ3) is 3.15. The topological polar surface area (TPSA) is 38.2 Å². The van der Waals surface area contributed by atoms with Crippen LogP contribution in [0.3, 0.4) is 0 Å². The van der Waals surface area contributed by atoms with Crippen LogP contribution in [0.4, 0.5) is 5.95 Å². The van der Waals surface area contributed by atoms with Gasteiger partial charge in [-0.15, -0.1) is 0 Å². The lowest BCUT2D eigenvalue weighted by molar-refractivity contribution is 0.396. The van der Waals surface area contributed by atoms with Crippen molar-refractivity contribution in [2.45, 2.75) is 13.0 Å². The van der Waals surface area contributed by atoms with Crippen LogP contribution in [0.25, 0.3) is 0 Å². The predicted molar refractivity (Wildman–Crippen MR) is 76.9 cm³/mol. The van der Waals surface area contributed by atoms with Gasteiger partial charge in [0.2, 0.25) is 11.8 Å². The number of nitrogens with zero attached hydrogens (tertiary/aromatic N) is 3. The second-order valence-electron chi connectivity index (χ2n) is 4.24. The van der Waals surface area contributed by atoms with E-state index in [1.54, 1.807) is 19.4 Å². The zero-order valence-corrected chi connectivity index (χ0v) is 11.9. The largest absolute Gasteiger partial charge is 0.481 e. The summed E-state index contributed by atoms with van der Waals surface area (Å²) >= 11 is 6.02. The SMILES string of the molecule is COc1ccnc(N(C)[C@H](C)c2cccc(Cl)c2)n1. The van der Waals surface area contributed by atoms with Gasteiger partial charge in [0, 0.05) is 24.3 Å². The minimum absolute atomic E-state index is 0.116. The molecule has 0 amide bonds. The third-order valence-corrected chi connectivity index (χ3v) is 3.29. The maximum absolute atomic E-state index is 6.02. The van der Waals surface area contributed by atoms with Crippen molar-refractivity contribution < 1.29 is 4.74 Å². The van der Waals surface area contributed by atoms with Gasteiger partial charge in [-0.2, -0.15) is 4.98 Å². The van der Waals surface area contributed by atoms with Gasteiger partial charge < -0.3 is 9.64 Å². The summed E-state index contributed by atoms with van der Waals surface area (Å²) in [6, 6.07) is 9.62. The summed E-state index contributed by atoms with van der Waals surface area (Å²) in [5, 5.41) is 0.726. The summed E-state index contributed by atoms with van der Waals surface area (Å²) in [5.74, 6) is 1.17. The Morgan fingerprint density at radius 1 is 1.32 bits per heavy atom. The monoisotopic (exact) mass is 277 g/mol. The van der Waals surface area contributed by atoms with Gasteiger partial charge in [0.05, 0.1) is 13.2 Å². The molecule has 0 spiro atoms. The smallest absolute Gasteiger partial charge is 0.228 e. The molecule has 0 saturated carbocycles. The highest BCUT2D eigenvalue weighted by molar-refractivity contribution is 6.30. The summed E-state index contributed by atoms with van der Waals surface area (Å²) in [6.45, 7) is 2.08. The number of anilines is 1. The fourth-order valence-electron chi connectivity index (χ4n) is 1.78. The molecule has 0 unspecified atom stereocenters. The number of rotatable bonds is 4. The van der Waals surface area contributed by atoms with Gasteiger partial charge in [-0.3, -0.25) is 0 Å². The van der Waals surface area contributed by atoms with E-state index in [1.165, 1.54) is 0 Å². The van der Waals surface area contributed by atoms with Crippen LogP contribution in [0.1, 0.15) is 18.5 Å². The summed E-state index contributed by atoms with van der Waals surface area (Å²) in [7, 11) is 3.53. The molecule has 0 saturated heterocycles. The molecule has 0 aliphatic carbocycles. The molecule has 1 aromatic heterocycles. The van der Waals surface area contributed by atoms with Crippen molar-refractivity contribution in [2.24, 2.45) is 0 Å². The fraction of sp³-hybridized carbons (Fsp3) is 0.286. The molecular weight excluding hydrogens is 262 g/mol. The minimum Gasteiger partial charge on any atom is -0.481 e. The number of benzene rings is 1. The Morgan fingerprint density at radius 2 is 2.11 bits per heavy atom. The van der Waals surface area contributed by atoms with E-state index >= 15 is 0 Å². The van der Waals surface area contributed by atoms with E-state index in [9.17, 15) is 0 Å². The van der Waals surface area contributed by atoms with Crippen LogP contribution < -0.4 is 9.64 Å². The van der Waals surface area contributed by atoms with Gasteiger partial charge in [-0.05, 0) is 24.6 Å². The summed E-state index contributed by atoms with van der Waals surface area (Å²) in [6.07, 6.45) is 1.68. The van der Waals surface area contributed by atoms with Crippen molar-refractivity contribution in [1.82, 2.24) is 9.97 Å². The highest BCUT2D eigenvalue weighted by Gasteiger charge is 2.15. The lowest BCUT2D eigenvalue weighted by Gasteiger charge is -2.25. The Balaban J connectivity index is 2.25. The van der Waals surface area contributed by atoms with Gasteiger partial charge in [0.1, 0.15) is 0 Å². The first-order chi connectivity index (χ1) is 9.11. The highest BCUT2D eigenvalue weighted by Crippen LogP contribution is 2.25. The number of methoxy groups -OCH3 is 1. The summed E-state index contributed by atoms with van der Waals surface area (Å²) in [5.41, 5.74) is 1.11. The van der Waals surface area contributed by atoms with Gasteiger partial charge in [-0.1, -0.05) is 23.7 Å². The van der Waals surface area contributed by atoms with Gasteiger partial charge in [0.15, 0.2) is 0 Å². The Bertz CT molecular complexity index is 562. The quantitative estimate of drug-likeness (QED) is 0.859. The average molecular weight is 278 g/mol. The van der Waals surface area contributed by atoms with E-state index in [2.05, 4.69) is 16.9 Å². The molecule has 0 bridgehead atoms. The lowest BCUT2D eigenvalue weighted by atomic mass is 10.1. The van der Waals surface area contributed by atoms with Crippen LogP contribution in [0.5, 0.6) is 5.88 Å². The van der Waals surface area contributed by atoms with Crippen molar-refractivity contribution in [3.63, 3.8) is 0 Å². The van der Waals surface area contributed by atoms with E-state index in [1.807, 2.05) is 36.2 Å².